The van der Waals surface area contributed by atoms with E-state index in [0.29, 0.717) is 10.9 Å². The highest BCUT2D eigenvalue weighted by Gasteiger charge is 2.32. The van der Waals surface area contributed by atoms with Crippen LogP contribution in [0.15, 0.2) is 41.6 Å². The molecule has 2 fully saturated rings. The van der Waals surface area contributed by atoms with Crippen LogP contribution >= 0.6 is 11.8 Å². The minimum atomic E-state index is 0.232. The largest absolute Gasteiger partial charge is 0.342 e. The summed E-state index contributed by atoms with van der Waals surface area (Å²) in [5.41, 5.74) is 2.93. The van der Waals surface area contributed by atoms with E-state index in [-0.39, 0.29) is 5.91 Å². The van der Waals surface area contributed by atoms with Crippen molar-refractivity contribution < 1.29 is 4.79 Å². The Balaban J connectivity index is 1.38. The molecule has 5 heteroatoms. The summed E-state index contributed by atoms with van der Waals surface area (Å²) in [6.07, 6.45) is 6.54. The van der Waals surface area contributed by atoms with Gasteiger partial charge in [0.25, 0.3) is 0 Å². The molecule has 1 amide bonds. The Morgan fingerprint density at radius 3 is 2.70 bits per heavy atom. The number of carbonyl (C=O) groups is 1. The Kier molecular flexibility index (Phi) is 5.77. The summed E-state index contributed by atoms with van der Waals surface area (Å²) < 4.78 is 0. The Bertz CT molecular complexity index is 795. The Morgan fingerprint density at radius 1 is 1.11 bits per heavy atom. The van der Waals surface area contributed by atoms with Crippen molar-refractivity contribution in [2.24, 2.45) is 11.8 Å². The van der Waals surface area contributed by atoms with Crippen molar-refractivity contribution in [3.05, 3.63) is 42.1 Å². The van der Waals surface area contributed by atoms with E-state index in [9.17, 15) is 4.79 Å². The van der Waals surface area contributed by atoms with Gasteiger partial charge < -0.3 is 4.90 Å². The Morgan fingerprint density at radius 2 is 1.89 bits per heavy atom. The van der Waals surface area contributed by atoms with Gasteiger partial charge in [-0.05, 0) is 37.7 Å². The molecule has 2 atom stereocenters. The molecule has 1 saturated heterocycles. The van der Waals surface area contributed by atoms with E-state index in [4.69, 9.17) is 0 Å². The lowest BCUT2D eigenvalue weighted by Gasteiger charge is -2.41. The highest BCUT2D eigenvalue weighted by molar-refractivity contribution is 7.99. The van der Waals surface area contributed by atoms with Crippen molar-refractivity contribution in [2.75, 3.05) is 18.8 Å². The molecule has 0 bridgehead atoms. The van der Waals surface area contributed by atoms with Crippen molar-refractivity contribution in [1.29, 1.82) is 0 Å². The number of carbonyl (C=O) groups excluding carboxylic acids is 1. The summed E-state index contributed by atoms with van der Waals surface area (Å²) in [5, 5.41) is 0.690. The van der Waals surface area contributed by atoms with Crippen LogP contribution in [0.5, 0.6) is 0 Å². The molecule has 1 saturated carbocycles. The highest BCUT2D eigenvalue weighted by atomic mass is 32.2. The SMILES string of the molecule is Cc1cc(-c2ccccc2)nc(SCC(=O)N2CC[C@H]3CCCC[C@@H]3C2)n1. The maximum Gasteiger partial charge on any atom is 0.233 e. The second-order valence-corrected chi connectivity index (χ2v) is 8.71. The van der Waals surface area contributed by atoms with Gasteiger partial charge in [-0.15, -0.1) is 0 Å². The number of amides is 1. The van der Waals surface area contributed by atoms with Crippen molar-refractivity contribution in [2.45, 2.75) is 44.2 Å². The number of hydrogen-bond acceptors (Lipinski definition) is 4. The number of hydrogen-bond donors (Lipinski definition) is 0. The predicted molar refractivity (Wildman–Crippen MR) is 110 cm³/mol. The molecular formula is C22H27N3OS. The lowest BCUT2D eigenvalue weighted by Crippen LogP contribution is -2.45. The third kappa shape index (κ3) is 4.52. The van der Waals surface area contributed by atoms with E-state index in [0.717, 1.165) is 41.9 Å². The molecule has 4 nitrogen and oxygen atoms in total. The summed E-state index contributed by atoms with van der Waals surface area (Å²) in [6, 6.07) is 12.1. The number of aryl methyl sites for hydroxylation is 1. The molecule has 0 spiro atoms. The zero-order valence-corrected chi connectivity index (χ0v) is 16.8. The van der Waals surface area contributed by atoms with Gasteiger partial charge in [-0.25, -0.2) is 9.97 Å². The fraction of sp³-hybridized carbons (Fsp3) is 0.500. The molecule has 1 aromatic carbocycles. The first-order valence-electron chi connectivity index (χ1n) is 10.0. The van der Waals surface area contributed by atoms with Gasteiger partial charge in [0.2, 0.25) is 5.91 Å². The van der Waals surface area contributed by atoms with Crippen LogP contribution in [0, 0.1) is 18.8 Å². The monoisotopic (exact) mass is 381 g/mol. The van der Waals surface area contributed by atoms with Crippen LogP contribution in [0.1, 0.15) is 37.8 Å². The first kappa shape index (κ1) is 18.5. The van der Waals surface area contributed by atoms with Gasteiger partial charge in [-0.3, -0.25) is 4.79 Å². The van der Waals surface area contributed by atoms with Gasteiger partial charge in [0.05, 0.1) is 11.4 Å². The van der Waals surface area contributed by atoms with Gasteiger partial charge in [0.15, 0.2) is 5.16 Å². The first-order chi connectivity index (χ1) is 13.2. The maximum absolute atomic E-state index is 12.7. The van der Waals surface area contributed by atoms with E-state index in [1.165, 1.54) is 43.9 Å². The molecule has 2 heterocycles. The number of thioether (sulfide) groups is 1. The molecule has 142 valence electrons. The summed E-state index contributed by atoms with van der Waals surface area (Å²) in [5.74, 6) is 2.23. The summed E-state index contributed by atoms with van der Waals surface area (Å²) in [6.45, 7) is 3.85. The lowest BCUT2D eigenvalue weighted by atomic mass is 9.75. The quantitative estimate of drug-likeness (QED) is 0.574. The summed E-state index contributed by atoms with van der Waals surface area (Å²) in [7, 11) is 0. The third-order valence-electron chi connectivity index (χ3n) is 5.87. The fourth-order valence-corrected chi connectivity index (χ4v) is 5.21. The number of piperidine rings is 1. The number of nitrogens with zero attached hydrogens (tertiary/aromatic N) is 3. The van der Waals surface area contributed by atoms with E-state index < -0.39 is 0 Å². The van der Waals surface area contributed by atoms with Crippen LogP contribution < -0.4 is 0 Å². The molecule has 0 radical (unpaired) electrons. The highest BCUT2D eigenvalue weighted by Crippen LogP contribution is 2.36. The smallest absolute Gasteiger partial charge is 0.233 e. The van der Waals surface area contributed by atoms with Crippen LogP contribution in [-0.2, 0) is 4.79 Å². The molecule has 27 heavy (non-hydrogen) atoms. The van der Waals surface area contributed by atoms with E-state index in [2.05, 4.69) is 27.0 Å². The van der Waals surface area contributed by atoms with E-state index in [1.54, 1.807) is 0 Å². The minimum absolute atomic E-state index is 0.232. The number of aromatic nitrogens is 2. The van der Waals surface area contributed by atoms with Crippen molar-refractivity contribution in [3.63, 3.8) is 0 Å². The maximum atomic E-state index is 12.7. The zero-order valence-electron chi connectivity index (χ0n) is 15.9. The molecule has 1 aliphatic heterocycles. The topological polar surface area (TPSA) is 46.1 Å². The van der Waals surface area contributed by atoms with Crippen LogP contribution in [0.3, 0.4) is 0 Å². The Hall–Kier alpha value is -1.88. The van der Waals surface area contributed by atoms with E-state index in [1.807, 2.05) is 31.2 Å². The van der Waals surface area contributed by atoms with Crippen molar-refractivity contribution in [3.8, 4) is 11.3 Å². The molecular weight excluding hydrogens is 354 g/mol. The van der Waals surface area contributed by atoms with Gasteiger partial charge >= 0.3 is 0 Å². The average molecular weight is 382 g/mol. The van der Waals surface area contributed by atoms with Crippen LogP contribution in [0.4, 0.5) is 0 Å². The third-order valence-corrected chi connectivity index (χ3v) is 6.70. The minimum Gasteiger partial charge on any atom is -0.342 e. The van der Waals surface area contributed by atoms with E-state index >= 15 is 0 Å². The van der Waals surface area contributed by atoms with Crippen molar-refractivity contribution in [1.82, 2.24) is 14.9 Å². The van der Waals surface area contributed by atoms with Gasteiger partial charge in [-0.2, -0.15) is 0 Å². The number of rotatable bonds is 4. The molecule has 1 aliphatic carbocycles. The zero-order chi connectivity index (χ0) is 18.6. The second-order valence-electron chi connectivity index (χ2n) is 7.76. The standard InChI is InChI=1S/C22H27N3OS/c1-16-13-20(18-8-3-2-4-9-18)24-22(23-16)27-15-21(26)25-12-11-17-7-5-6-10-19(17)14-25/h2-4,8-9,13,17,19H,5-7,10-12,14-15H2,1H3/t17-,19-/m1/s1. The molecule has 0 N–H and O–H groups in total. The molecule has 2 aromatic rings. The van der Waals surface area contributed by atoms with Crippen LogP contribution in [-0.4, -0.2) is 39.6 Å². The number of likely N-dealkylation sites (tertiary alicyclic amines) is 1. The van der Waals surface area contributed by atoms with Crippen molar-refractivity contribution >= 4 is 17.7 Å². The predicted octanol–water partition coefficient (Wildman–Crippen LogP) is 4.58. The van der Waals surface area contributed by atoms with Gasteiger partial charge in [-0.1, -0.05) is 61.4 Å². The summed E-state index contributed by atoms with van der Waals surface area (Å²) >= 11 is 1.46. The number of fused-ring (bicyclic) bond motifs is 1. The average Bonchev–Trinajstić information content (AvgIpc) is 2.72. The lowest BCUT2D eigenvalue weighted by molar-refractivity contribution is -0.131. The Labute approximate surface area is 165 Å². The fourth-order valence-electron chi connectivity index (χ4n) is 4.41. The molecule has 2 aliphatic rings. The second kappa shape index (κ2) is 8.42. The molecule has 0 unspecified atom stereocenters. The summed E-state index contributed by atoms with van der Waals surface area (Å²) in [4.78, 5) is 24.0. The molecule has 1 aromatic heterocycles. The van der Waals surface area contributed by atoms with Crippen LogP contribution in [0.2, 0.25) is 0 Å². The first-order valence-corrected chi connectivity index (χ1v) is 11.0. The normalized spacial score (nSPS) is 22.3. The molecule has 4 rings (SSSR count). The van der Waals surface area contributed by atoms with Gasteiger partial charge in [0, 0.05) is 24.3 Å². The number of benzene rings is 1. The van der Waals surface area contributed by atoms with Gasteiger partial charge in [0.1, 0.15) is 0 Å². The van der Waals surface area contributed by atoms with Crippen LogP contribution in [0.25, 0.3) is 11.3 Å².